The molecular weight excluding hydrogens is 187 g/mol. The highest BCUT2D eigenvalue weighted by atomic mass is 31.2. The molecule has 0 fully saturated rings. The zero-order valence-corrected chi connectivity index (χ0v) is 9.76. The molecule has 76 valence electrons. The van der Waals surface area contributed by atoms with Crippen LogP contribution in [0.4, 0.5) is 0 Å². The lowest BCUT2D eigenvalue weighted by Crippen LogP contribution is -2.25. The molecule has 1 unspecified atom stereocenters. The normalized spacial score (nSPS) is 16.7. The first-order valence-electron chi connectivity index (χ1n) is 4.17. The summed E-state index contributed by atoms with van der Waals surface area (Å²) in [6.07, 6.45) is 0.715. The topological polar surface area (TPSA) is 53.3 Å². The zero-order chi connectivity index (χ0) is 10.7. The first-order chi connectivity index (χ1) is 5.77. The lowest BCUT2D eigenvalue weighted by molar-refractivity contribution is 0.101. The molecule has 0 aliphatic rings. The first-order valence-corrected chi connectivity index (χ1v) is 5.75. The van der Waals surface area contributed by atoms with Crippen LogP contribution in [0.5, 0.6) is 0 Å². The standard InChI is InChI=1S/C8H17N2O2P/c1-6-8(2,3)12-13(11,7-9)10(4)5/h6H2,1-5H3. The van der Waals surface area contributed by atoms with Crippen molar-refractivity contribution >= 4 is 7.52 Å². The van der Waals surface area contributed by atoms with E-state index in [2.05, 4.69) is 0 Å². The lowest BCUT2D eigenvalue weighted by atomic mass is 10.1. The zero-order valence-electron chi connectivity index (χ0n) is 8.87. The van der Waals surface area contributed by atoms with Crippen LogP contribution in [-0.4, -0.2) is 24.4 Å². The quantitative estimate of drug-likeness (QED) is 0.660. The maximum atomic E-state index is 11.8. The second-order valence-corrected chi connectivity index (χ2v) is 5.90. The maximum absolute atomic E-state index is 11.8. The van der Waals surface area contributed by atoms with Crippen molar-refractivity contribution in [2.24, 2.45) is 0 Å². The molecule has 5 heteroatoms. The van der Waals surface area contributed by atoms with Crippen molar-refractivity contribution in [1.82, 2.24) is 4.67 Å². The van der Waals surface area contributed by atoms with E-state index in [-0.39, 0.29) is 0 Å². The van der Waals surface area contributed by atoms with Crippen LogP contribution in [0.3, 0.4) is 0 Å². The van der Waals surface area contributed by atoms with Gasteiger partial charge in [-0.05, 0) is 34.4 Å². The van der Waals surface area contributed by atoms with Crippen molar-refractivity contribution in [1.29, 1.82) is 5.26 Å². The summed E-state index contributed by atoms with van der Waals surface area (Å²) in [5.74, 6) is 1.73. The molecule has 0 aromatic rings. The summed E-state index contributed by atoms with van der Waals surface area (Å²) in [5.41, 5.74) is -0.518. The minimum absolute atomic E-state index is 0.518. The molecule has 0 bridgehead atoms. The van der Waals surface area contributed by atoms with E-state index in [0.29, 0.717) is 6.42 Å². The monoisotopic (exact) mass is 204 g/mol. The Balaban J connectivity index is 4.68. The summed E-state index contributed by atoms with van der Waals surface area (Å²) in [5, 5.41) is 8.73. The van der Waals surface area contributed by atoms with Crippen LogP contribution in [0.15, 0.2) is 0 Å². The summed E-state index contributed by atoms with van der Waals surface area (Å²) in [6.45, 7) is 5.57. The summed E-state index contributed by atoms with van der Waals surface area (Å²) >= 11 is 0. The Labute approximate surface area is 80.0 Å². The molecule has 0 saturated carbocycles. The van der Waals surface area contributed by atoms with E-state index in [1.165, 1.54) is 4.67 Å². The van der Waals surface area contributed by atoms with Gasteiger partial charge in [-0.2, -0.15) is 5.26 Å². The molecule has 0 aliphatic carbocycles. The molecule has 4 nitrogen and oxygen atoms in total. The predicted octanol–water partition coefficient (Wildman–Crippen LogP) is 2.43. The molecule has 0 amide bonds. The van der Waals surface area contributed by atoms with Crippen LogP contribution in [0.2, 0.25) is 0 Å². The molecule has 0 aromatic carbocycles. The van der Waals surface area contributed by atoms with Gasteiger partial charge in [0.1, 0.15) is 0 Å². The summed E-state index contributed by atoms with van der Waals surface area (Å²) in [7, 11) is -0.113. The SMILES string of the molecule is CCC(C)(C)OP(=O)(C#N)N(C)C. The van der Waals surface area contributed by atoms with Gasteiger partial charge in [-0.25, -0.2) is 4.67 Å². The van der Waals surface area contributed by atoms with Crippen molar-refractivity contribution in [2.75, 3.05) is 14.1 Å². The van der Waals surface area contributed by atoms with Crippen molar-refractivity contribution in [3.05, 3.63) is 0 Å². The van der Waals surface area contributed by atoms with Crippen LogP contribution < -0.4 is 0 Å². The van der Waals surface area contributed by atoms with E-state index in [1.54, 1.807) is 19.9 Å². The van der Waals surface area contributed by atoms with E-state index in [1.807, 2.05) is 20.8 Å². The van der Waals surface area contributed by atoms with E-state index in [4.69, 9.17) is 9.79 Å². The average Bonchev–Trinajstić information content (AvgIpc) is 2.03. The second-order valence-electron chi connectivity index (χ2n) is 3.67. The molecule has 0 spiro atoms. The Kier molecular flexibility index (Phi) is 4.12. The van der Waals surface area contributed by atoms with Crippen LogP contribution in [-0.2, 0) is 9.09 Å². The van der Waals surface area contributed by atoms with Crippen LogP contribution in [0.1, 0.15) is 27.2 Å². The van der Waals surface area contributed by atoms with Gasteiger partial charge in [-0.3, -0.25) is 4.57 Å². The second kappa shape index (κ2) is 4.23. The van der Waals surface area contributed by atoms with Gasteiger partial charge in [0.15, 0.2) is 5.81 Å². The number of nitriles is 1. The summed E-state index contributed by atoms with van der Waals surface area (Å²) in [4.78, 5) is 0. The fourth-order valence-corrected chi connectivity index (χ4v) is 1.77. The molecule has 0 heterocycles. The van der Waals surface area contributed by atoms with Crippen molar-refractivity contribution in [2.45, 2.75) is 32.8 Å². The number of rotatable bonds is 4. The van der Waals surface area contributed by atoms with E-state index < -0.39 is 13.1 Å². The molecule has 0 rings (SSSR count). The molecule has 0 radical (unpaired) electrons. The van der Waals surface area contributed by atoms with Crippen LogP contribution >= 0.6 is 7.52 Å². The van der Waals surface area contributed by atoms with Gasteiger partial charge in [0.05, 0.1) is 5.60 Å². The van der Waals surface area contributed by atoms with Gasteiger partial charge < -0.3 is 4.52 Å². The third-order valence-corrected chi connectivity index (χ3v) is 3.92. The van der Waals surface area contributed by atoms with Gasteiger partial charge in [0.2, 0.25) is 0 Å². The molecule has 0 aromatic heterocycles. The smallest absolute Gasteiger partial charge is 0.301 e. The molecule has 13 heavy (non-hydrogen) atoms. The van der Waals surface area contributed by atoms with E-state index in [0.717, 1.165) is 0 Å². The van der Waals surface area contributed by atoms with Gasteiger partial charge in [0, 0.05) is 0 Å². The highest BCUT2D eigenvalue weighted by Crippen LogP contribution is 2.51. The largest absolute Gasteiger partial charge is 0.371 e. The molecular formula is C8H17N2O2P. The highest BCUT2D eigenvalue weighted by molar-refractivity contribution is 7.61. The fourth-order valence-electron chi connectivity index (χ4n) is 0.591. The first kappa shape index (κ1) is 12.6. The van der Waals surface area contributed by atoms with Gasteiger partial charge >= 0.3 is 7.52 Å². The summed E-state index contributed by atoms with van der Waals surface area (Å²) in [6, 6.07) is 0. The number of hydrogen-bond donors (Lipinski definition) is 0. The van der Waals surface area contributed by atoms with Gasteiger partial charge in [-0.1, -0.05) is 6.92 Å². The Morgan fingerprint density at radius 2 is 2.00 bits per heavy atom. The Morgan fingerprint density at radius 3 is 2.23 bits per heavy atom. The Morgan fingerprint density at radius 1 is 1.54 bits per heavy atom. The van der Waals surface area contributed by atoms with Crippen LogP contribution in [0, 0.1) is 11.1 Å². The number of hydrogen-bond acceptors (Lipinski definition) is 3. The van der Waals surface area contributed by atoms with E-state index >= 15 is 0 Å². The van der Waals surface area contributed by atoms with Crippen molar-refractivity contribution in [3.8, 4) is 5.81 Å². The lowest BCUT2D eigenvalue weighted by Gasteiger charge is -2.28. The minimum atomic E-state index is -3.27. The number of nitrogens with zero attached hydrogens (tertiary/aromatic N) is 2. The average molecular weight is 204 g/mol. The fraction of sp³-hybridized carbons (Fsp3) is 0.875. The third-order valence-electron chi connectivity index (χ3n) is 1.88. The third kappa shape index (κ3) is 3.48. The molecule has 0 N–H and O–H groups in total. The summed E-state index contributed by atoms with van der Waals surface area (Å²) < 4.78 is 18.4. The maximum Gasteiger partial charge on any atom is 0.371 e. The molecule has 0 aliphatic heterocycles. The Hall–Kier alpha value is -0.360. The molecule has 0 saturated heterocycles. The van der Waals surface area contributed by atoms with Crippen molar-refractivity contribution < 1.29 is 9.09 Å². The Bertz CT molecular complexity index is 255. The van der Waals surface area contributed by atoms with E-state index in [9.17, 15) is 4.57 Å². The molecule has 1 atom stereocenters. The predicted molar refractivity (Wildman–Crippen MR) is 52.4 cm³/mol. The van der Waals surface area contributed by atoms with Crippen LogP contribution in [0.25, 0.3) is 0 Å². The van der Waals surface area contributed by atoms with Crippen molar-refractivity contribution in [3.63, 3.8) is 0 Å². The van der Waals surface area contributed by atoms with Gasteiger partial charge in [0.25, 0.3) is 0 Å². The highest BCUT2D eigenvalue weighted by Gasteiger charge is 2.33. The minimum Gasteiger partial charge on any atom is -0.301 e. The van der Waals surface area contributed by atoms with Gasteiger partial charge in [-0.15, -0.1) is 0 Å².